The van der Waals surface area contributed by atoms with E-state index in [1.807, 2.05) is 0 Å². The first kappa shape index (κ1) is 18.0. The van der Waals surface area contributed by atoms with Gasteiger partial charge in [-0.2, -0.15) is 5.10 Å². The zero-order chi connectivity index (χ0) is 18.2. The molecule has 1 N–H and O–H groups in total. The highest BCUT2D eigenvalue weighted by Gasteiger charge is 2.08. The van der Waals surface area contributed by atoms with E-state index in [1.165, 1.54) is 20.2 Å². The van der Waals surface area contributed by atoms with Crippen molar-refractivity contribution in [2.75, 3.05) is 14.2 Å². The number of nitrogens with one attached hydrogen (secondary N) is 1. The molecule has 0 fully saturated rings. The summed E-state index contributed by atoms with van der Waals surface area (Å²) in [5, 5.41) is 3.91. The Labute approximate surface area is 145 Å². The van der Waals surface area contributed by atoms with Crippen molar-refractivity contribution < 1.29 is 23.8 Å². The highest BCUT2D eigenvalue weighted by Crippen LogP contribution is 2.27. The maximum atomic E-state index is 12.0. The van der Waals surface area contributed by atoms with Crippen molar-refractivity contribution in [2.45, 2.75) is 6.92 Å². The summed E-state index contributed by atoms with van der Waals surface area (Å²) in [7, 11) is 3.02. The first-order valence-electron chi connectivity index (χ1n) is 7.37. The summed E-state index contributed by atoms with van der Waals surface area (Å²) in [5.41, 5.74) is 3.56. The van der Waals surface area contributed by atoms with Gasteiger partial charge in [0.1, 0.15) is 5.75 Å². The van der Waals surface area contributed by atoms with E-state index >= 15 is 0 Å². The average Bonchev–Trinajstić information content (AvgIpc) is 2.62. The summed E-state index contributed by atoms with van der Waals surface area (Å²) in [6.07, 6.45) is 1.46. The van der Waals surface area contributed by atoms with Crippen molar-refractivity contribution in [3.63, 3.8) is 0 Å². The molecule has 0 atom stereocenters. The molecule has 0 heterocycles. The van der Waals surface area contributed by atoms with Crippen molar-refractivity contribution >= 4 is 18.1 Å². The molecule has 2 rings (SSSR count). The Morgan fingerprint density at radius 3 is 2.32 bits per heavy atom. The molecule has 0 unspecified atom stereocenters. The molecule has 130 valence electrons. The second kappa shape index (κ2) is 8.49. The van der Waals surface area contributed by atoms with E-state index in [9.17, 15) is 9.59 Å². The topological polar surface area (TPSA) is 86.2 Å². The smallest absolute Gasteiger partial charge is 0.308 e. The Kier molecular flexibility index (Phi) is 6.11. The van der Waals surface area contributed by atoms with Crippen LogP contribution >= 0.6 is 0 Å². The first-order chi connectivity index (χ1) is 12.0. The number of rotatable bonds is 6. The standard InChI is InChI=1S/C18H18N2O5/c1-12(21)25-16-9-4-13(10-17(16)24-3)11-19-20-18(22)14-5-7-15(23-2)8-6-14/h4-11H,1-3H3,(H,20,22)/b19-11+. The molecule has 0 spiro atoms. The minimum Gasteiger partial charge on any atom is -0.497 e. The number of hydrogen-bond donors (Lipinski definition) is 1. The second-order valence-corrected chi connectivity index (χ2v) is 4.93. The van der Waals surface area contributed by atoms with Gasteiger partial charge in [-0.15, -0.1) is 0 Å². The lowest BCUT2D eigenvalue weighted by atomic mass is 10.2. The molecular formula is C18H18N2O5. The Balaban J connectivity index is 2.03. The molecule has 2 aromatic carbocycles. The van der Waals surface area contributed by atoms with Gasteiger partial charge >= 0.3 is 5.97 Å². The molecule has 7 nitrogen and oxygen atoms in total. The molecule has 0 saturated carbocycles. The molecule has 1 amide bonds. The molecule has 25 heavy (non-hydrogen) atoms. The molecule has 0 aliphatic rings. The van der Waals surface area contributed by atoms with Crippen LogP contribution in [0.4, 0.5) is 0 Å². The third-order valence-corrected chi connectivity index (χ3v) is 3.17. The normalized spacial score (nSPS) is 10.4. The predicted molar refractivity (Wildman–Crippen MR) is 92.4 cm³/mol. The lowest BCUT2D eigenvalue weighted by Crippen LogP contribution is -2.17. The van der Waals surface area contributed by atoms with Gasteiger partial charge in [0.15, 0.2) is 11.5 Å². The largest absolute Gasteiger partial charge is 0.497 e. The van der Waals surface area contributed by atoms with Gasteiger partial charge in [-0.1, -0.05) is 0 Å². The van der Waals surface area contributed by atoms with Crippen LogP contribution in [-0.4, -0.2) is 32.3 Å². The quantitative estimate of drug-likeness (QED) is 0.377. The number of methoxy groups -OCH3 is 2. The number of ether oxygens (including phenoxy) is 3. The number of amides is 1. The number of esters is 1. The summed E-state index contributed by atoms with van der Waals surface area (Å²) in [4.78, 5) is 23.0. The van der Waals surface area contributed by atoms with Gasteiger partial charge in [0.2, 0.25) is 0 Å². The van der Waals surface area contributed by atoms with E-state index in [2.05, 4.69) is 10.5 Å². The zero-order valence-electron chi connectivity index (χ0n) is 14.1. The first-order valence-corrected chi connectivity index (χ1v) is 7.37. The number of hydrazone groups is 1. The highest BCUT2D eigenvalue weighted by molar-refractivity contribution is 5.95. The number of hydrogen-bond acceptors (Lipinski definition) is 6. The SMILES string of the molecule is COc1ccc(C(=O)N/N=C/c2ccc(OC(C)=O)c(OC)c2)cc1. The Hall–Kier alpha value is -3.35. The van der Waals surface area contributed by atoms with Crippen LogP contribution in [0.2, 0.25) is 0 Å². The Morgan fingerprint density at radius 2 is 1.72 bits per heavy atom. The van der Waals surface area contributed by atoms with Gasteiger partial charge < -0.3 is 14.2 Å². The molecule has 0 aromatic heterocycles. The molecule has 0 radical (unpaired) electrons. The van der Waals surface area contributed by atoms with Gasteiger partial charge in [-0.05, 0) is 48.0 Å². The maximum Gasteiger partial charge on any atom is 0.308 e. The van der Waals surface area contributed by atoms with Crippen molar-refractivity contribution in [2.24, 2.45) is 5.10 Å². The van der Waals surface area contributed by atoms with Gasteiger partial charge in [0, 0.05) is 12.5 Å². The van der Waals surface area contributed by atoms with Crippen molar-refractivity contribution in [3.05, 3.63) is 53.6 Å². The lowest BCUT2D eigenvalue weighted by molar-refractivity contribution is -0.132. The average molecular weight is 342 g/mol. The minimum absolute atomic E-state index is 0.314. The minimum atomic E-state index is -0.438. The van der Waals surface area contributed by atoms with E-state index < -0.39 is 5.97 Å². The number of nitrogens with zero attached hydrogens (tertiary/aromatic N) is 1. The molecule has 0 aliphatic carbocycles. The Bertz CT molecular complexity index is 785. The van der Waals surface area contributed by atoms with Gasteiger partial charge in [-0.3, -0.25) is 9.59 Å². The lowest BCUT2D eigenvalue weighted by Gasteiger charge is -2.08. The van der Waals surface area contributed by atoms with Gasteiger partial charge in [-0.25, -0.2) is 5.43 Å². The van der Waals surface area contributed by atoms with Crippen LogP contribution in [0.1, 0.15) is 22.8 Å². The van der Waals surface area contributed by atoms with Gasteiger partial charge in [0.25, 0.3) is 5.91 Å². The van der Waals surface area contributed by atoms with E-state index in [0.29, 0.717) is 28.4 Å². The van der Waals surface area contributed by atoms with Crippen LogP contribution in [0.25, 0.3) is 0 Å². The fourth-order valence-electron chi connectivity index (χ4n) is 1.98. The highest BCUT2D eigenvalue weighted by atomic mass is 16.6. The molecule has 0 aliphatic heterocycles. The number of carbonyl (C=O) groups is 2. The van der Waals surface area contributed by atoms with Crippen LogP contribution in [0, 0.1) is 0 Å². The molecule has 2 aromatic rings. The summed E-state index contributed by atoms with van der Waals surface area (Å²) in [6, 6.07) is 11.6. The fourth-order valence-corrected chi connectivity index (χ4v) is 1.98. The summed E-state index contributed by atoms with van der Waals surface area (Å²) in [6.45, 7) is 1.31. The van der Waals surface area contributed by atoms with Crippen molar-refractivity contribution in [3.8, 4) is 17.2 Å². The second-order valence-electron chi connectivity index (χ2n) is 4.93. The predicted octanol–water partition coefficient (Wildman–Crippen LogP) is 2.39. The monoisotopic (exact) mass is 342 g/mol. The van der Waals surface area contributed by atoms with E-state index in [0.717, 1.165) is 0 Å². The van der Waals surface area contributed by atoms with Crippen LogP contribution < -0.4 is 19.6 Å². The van der Waals surface area contributed by atoms with Crippen molar-refractivity contribution in [1.29, 1.82) is 0 Å². The van der Waals surface area contributed by atoms with E-state index in [-0.39, 0.29) is 5.91 Å². The zero-order valence-corrected chi connectivity index (χ0v) is 14.1. The number of carbonyl (C=O) groups excluding carboxylic acids is 2. The summed E-state index contributed by atoms with van der Waals surface area (Å²) in [5.74, 6) is 0.587. The van der Waals surface area contributed by atoms with Crippen LogP contribution in [0.3, 0.4) is 0 Å². The van der Waals surface area contributed by atoms with Crippen LogP contribution in [-0.2, 0) is 4.79 Å². The van der Waals surface area contributed by atoms with Crippen molar-refractivity contribution in [1.82, 2.24) is 5.43 Å². The molecule has 7 heteroatoms. The maximum absolute atomic E-state index is 12.0. The van der Waals surface area contributed by atoms with Crippen LogP contribution in [0.5, 0.6) is 17.2 Å². The third-order valence-electron chi connectivity index (χ3n) is 3.17. The molecule has 0 saturated heterocycles. The number of benzene rings is 2. The summed E-state index contributed by atoms with van der Waals surface area (Å²) >= 11 is 0. The molecule has 0 bridgehead atoms. The van der Waals surface area contributed by atoms with Crippen LogP contribution in [0.15, 0.2) is 47.6 Å². The Morgan fingerprint density at radius 1 is 1.00 bits per heavy atom. The van der Waals surface area contributed by atoms with E-state index in [4.69, 9.17) is 14.2 Å². The fraction of sp³-hybridized carbons (Fsp3) is 0.167. The third kappa shape index (κ3) is 5.07. The molecular weight excluding hydrogens is 324 g/mol. The summed E-state index contributed by atoms with van der Waals surface area (Å²) < 4.78 is 15.2. The van der Waals surface area contributed by atoms with Gasteiger partial charge in [0.05, 0.1) is 20.4 Å². The van der Waals surface area contributed by atoms with E-state index in [1.54, 1.807) is 49.6 Å².